The van der Waals surface area contributed by atoms with Gasteiger partial charge in [-0.15, -0.1) is 13.2 Å². The molecule has 1 aliphatic heterocycles. The molecule has 1 saturated heterocycles. The number of nitrogens with one attached hydrogen (secondary N) is 1. The van der Waals surface area contributed by atoms with Crippen LogP contribution in [-0.2, 0) is 14.4 Å². The third-order valence-electron chi connectivity index (χ3n) is 4.79. The van der Waals surface area contributed by atoms with Crippen LogP contribution in [0.5, 0.6) is 5.75 Å². The van der Waals surface area contributed by atoms with E-state index in [1.165, 1.54) is 30.1 Å². The second kappa shape index (κ2) is 8.17. The summed E-state index contributed by atoms with van der Waals surface area (Å²) in [7, 11) is 1.46. The molecule has 0 aliphatic carbocycles. The van der Waals surface area contributed by atoms with Crippen LogP contribution >= 0.6 is 0 Å². The molecule has 0 spiro atoms. The van der Waals surface area contributed by atoms with Crippen molar-refractivity contribution in [1.82, 2.24) is 10.2 Å². The molecule has 1 heterocycles. The summed E-state index contributed by atoms with van der Waals surface area (Å²) in [5, 5.41) is 2.72. The molecule has 1 unspecified atom stereocenters. The molecule has 1 aliphatic rings. The van der Waals surface area contributed by atoms with E-state index in [0.717, 1.165) is 0 Å². The van der Waals surface area contributed by atoms with Gasteiger partial charge < -0.3 is 15.0 Å². The van der Waals surface area contributed by atoms with E-state index in [2.05, 4.69) is 10.1 Å². The largest absolute Gasteiger partial charge is 0.573 e. The average Bonchev–Trinajstić information content (AvgIpc) is 2.94. The highest BCUT2D eigenvalue weighted by atomic mass is 19.4. The van der Waals surface area contributed by atoms with E-state index in [4.69, 9.17) is 0 Å². The lowest BCUT2D eigenvalue weighted by Gasteiger charge is -2.17. The fourth-order valence-electron chi connectivity index (χ4n) is 3.24. The number of benzene rings is 2. The third kappa shape index (κ3) is 4.79. The number of ether oxygens (including phenoxy) is 1. The second-order valence-electron chi connectivity index (χ2n) is 7.03. The molecular weight excluding hydrogens is 401 g/mol. The normalized spacial score (nSPS) is 17.8. The number of carbonyl (C=O) groups is 3. The van der Waals surface area contributed by atoms with Crippen molar-refractivity contribution >= 4 is 17.6 Å². The summed E-state index contributed by atoms with van der Waals surface area (Å²) in [5.41, 5.74) is 1.83. The zero-order valence-electron chi connectivity index (χ0n) is 16.2. The average molecular weight is 420 g/mol. The number of Topliss-reactive ketones (excluding diaryl/α,β-unsaturated/α-hetero) is 1. The van der Waals surface area contributed by atoms with Gasteiger partial charge in [-0.2, -0.15) is 0 Å². The predicted molar refractivity (Wildman–Crippen MR) is 101 cm³/mol. The number of rotatable bonds is 5. The molecule has 9 heteroatoms. The van der Waals surface area contributed by atoms with Gasteiger partial charge in [-0.05, 0) is 41.8 Å². The number of alkyl halides is 3. The highest BCUT2D eigenvalue weighted by molar-refractivity contribution is 6.42. The number of hydrogen-bond donors (Lipinski definition) is 1. The van der Waals surface area contributed by atoms with Crippen molar-refractivity contribution in [2.45, 2.75) is 19.3 Å². The van der Waals surface area contributed by atoms with Gasteiger partial charge in [-0.1, -0.05) is 30.3 Å². The Balaban J connectivity index is 1.75. The van der Waals surface area contributed by atoms with Crippen molar-refractivity contribution in [2.75, 3.05) is 13.6 Å². The fourth-order valence-corrected chi connectivity index (χ4v) is 3.24. The molecular formula is C21H19F3N2O4. The quantitative estimate of drug-likeness (QED) is 0.596. The van der Waals surface area contributed by atoms with E-state index < -0.39 is 35.9 Å². The SMILES string of the molecule is C[C@@H](NC(=O)C1CN(C)C(=O)C1=O)c1cccc(-c2cccc(OC(F)(F)F)c2)c1. The molecule has 0 saturated carbocycles. The Morgan fingerprint density at radius 3 is 2.37 bits per heavy atom. The molecule has 158 valence electrons. The van der Waals surface area contributed by atoms with Crippen molar-refractivity contribution < 1.29 is 32.3 Å². The van der Waals surface area contributed by atoms with Gasteiger partial charge in [0.15, 0.2) is 0 Å². The van der Waals surface area contributed by atoms with Crippen LogP contribution in [-0.4, -0.2) is 42.5 Å². The van der Waals surface area contributed by atoms with Crippen LogP contribution in [0.3, 0.4) is 0 Å². The highest BCUT2D eigenvalue weighted by Crippen LogP contribution is 2.29. The summed E-state index contributed by atoms with van der Waals surface area (Å²) in [6.07, 6.45) is -4.79. The molecule has 30 heavy (non-hydrogen) atoms. The van der Waals surface area contributed by atoms with Crippen LogP contribution in [0.25, 0.3) is 11.1 Å². The standard InChI is InChI=1S/C21H19F3N2O4/c1-12(25-19(28)17-11-26(2)20(29)18(17)27)13-5-3-6-14(9-13)15-7-4-8-16(10-15)30-21(22,23)24/h3-10,12,17H,11H2,1-2H3,(H,25,28)/t12-,17?/m1/s1. The van der Waals surface area contributed by atoms with Crippen LogP contribution in [0, 0.1) is 5.92 Å². The lowest BCUT2D eigenvalue weighted by molar-refractivity contribution is -0.274. The zero-order chi connectivity index (χ0) is 22.1. The summed E-state index contributed by atoms with van der Waals surface area (Å²) in [6.45, 7) is 1.74. The Kier molecular flexibility index (Phi) is 5.82. The first-order valence-electron chi connectivity index (χ1n) is 9.11. The van der Waals surface area contributed by atoms with E-state index in [-0.39, 0.29) is 12.3 Å². The van der Waals surface area contributed by atoms with E-state index >= 15 is 0 Å². The summed E-state index contributed by atoms with van der Waals surface area (Å²) in [4.78, 5) is 37.1. The van der Waals surface area contributed by atoms with E-state index in [0.29, 0.717) is 16.7 Å². The number of likely N-dealkylation sites (tertiary alicyclic amines) is 1. The van der Waals surface area contributed by atoms with Gasteiger partial charge in [0.1, 0.15) is 11.7 Å². The molecule has 0 radical (unpaired) electrons. The summed E-state index contributed by atoms with van der Waals surface area (Å²) < 4.78 is 41.3. The van der Waals surface area contributed by atoms with Crippen LogP contribution in [0.15, 0.2) is 48.5 Å². The maximum Gasteiger partial charge on any atom is 0.573 e. The summed E-state index contributed by atoms with van der Waals surface area (Å²) in [6, 6.07) is 12.0. The van der Waals surface area contributed by atoms with Crippen LogP contribution in [0.2, 0.25) is 0 Å². The number of nitrogens with zero attached hydrogens (tertiary/aromatic N) is 1. The lowest BCUT2D eigenvalue weighted by atomic mass is 9.99. The molecule has 0 aromatic heterocycles. The first-order valence-corrected chi connectivity index (χ1v) is 9.11. The van der Waals surface area contributed by atoms with Crippen LogP contribution < -0.4 is 10.1 Å². The number of hydrogen-bond acceptors (Lipinski definition) is 4. The number of ketones is 1. The van der Waals surface area contributed by atoms with E-state index in [1.807, 2.05) is 0 Å². The molecule has 2 aromatic carbocycles. The maximum absolute atomic E-state index is 12.5. The Labute approximate surface area is 170 Å². The number of halogens is 3. The molecule has 2 aromatic rings. The Bertz CT molecular complexity index is 990. The van der Waals surface area contributed by atoms with Gasteiger partial charge in [0, 0.05) is 13.6 Å². The Morgan fingerprint density at radius 1 is 1.13 bits per heavy atom. The van der Waals surface area contributed by atoms with Gasteiger partial charge in [-0.25, -0.2) is 0 Å². The van der Waals surface area contributed by atoms with Crippen LogP contribution in [0.4, 0.5) is 13.2 Å². The first kappa shape index (κ1) is 21.4. The van der Waals surface area contributed by atoms with Gasteiger partial charge in [-0.3, -0.25) is 14.4 Å². The summed E-state index contributed by atoms with van der Waals surface area (Å²) in [5.74, 6) is -3.36. The zero-order valence-corrected chi connectivity index (χ0v) is 16.2. The lowest BCUT2D eigenvalue weighted by Crippen LogP contribution is -2.37. The molecule has 2 amide bonds. The third-order valence-corrected chi connectivity index (χ3v) is 4.79. The highest BCUT2D eigenvalue weighted by Gasteiger charge is 2.41. The van der Waals surface area contributed by atoms with Gasteiger partial charge in [0.25, 0.3) is 5.91 Å². The minimum absolute atomic E-state index is 0.0300. The number of carbonyl (C=O) groups excluding carboxylic acids is 3. The molecule has 3 rings (SSSR count). The first-order chi connectivity index (χ1) is 14.0. The van der Waals surface area contributed by atoms with Gasteiger partial charge >= 0.3 is 6.36 Å². The van der Waals surface area contributed by atoms with Crippen molar-refractivity contribution in [1.29, 1.82) is 0 Å². The van der Waals surface area contributed by atoms with E-state index in [1.54, 1.807) is 37.3 Å². The number of likely N-dealkylation sites (N-methyl/N-ethyl adjacent to an activating group) is 1. The minimum atomic E-state index is -4.79. The molecule has 6 nitrogen and oxygen atoms in total. The topological polar surface area (TPSA) is 75.7 Å². The van der Waals surface area contributed by atoms with Crippen LogP contribution in [0.1, 0.15) is 18.5 Å². The predicted octanol–water partition coefficient (Wildman–Crippen LogP) is 3.09. The van der Waals surface area contributed by atoms with Crippen molar-refractivity contribution in [2.24, 2.45) is 5.92 Å². The maximum atomic E-state index is 12.5. The molecule has 1 N–H and O–H groups in total. The van der Waals surface area contributed by atoms with Gasteiger partial charge in [0.05, 0.1) is 6.04 Å². The fraction of sp³-hybridized carbons (Fsp3) is 0.286. The minimum Gasteiger partial charge on any atom is -0.406 e. The van der Waals surface area contributed by atoms with Gasteiger partial charge in [0.2, 0.25) is 11.7 Å². The monoisotopic (exact) mass is 420 g/mol. The molecule has 1 fully saturated rings. The van der Waals surface area contributed by atoms with Crippen molar-refractivity contribution in [3.63, 3.8) is 0 Å². The molecule has 0 bridgehead atoms. The Hall–Kier alpha value is -3.36. The summed E-state index contributed by atoms with van der Waals surface area (Å²) >= 11 is 0. The van der Waals surface area contributed by atoms with Crippen molar-refractivity contribution in [3.05, 3.63) is 54.1 Å². The van der Waals surface area contributed by atoms with E-state index in [9.17, 15) is 27.6 Å². The van der Waals surface area contributed by atoms with Crippen molar-refractivity contribution in [3.8, 4) is 16.9 Å². The number of amides is 2. The smallest absolute Gasteiger partial charge is 0.406 e. The second-order valence-corrected chi connectivity index (χ2v) is 7.03. The Morgan fingerprint density at radius 2 is 1.77 bits per heavy atom. The molecule has 2 atom stereocenters.